The Kier molecular flexibility index (Phi) is 57.2. The predicted octanol–water partition coefficient (Wildman–Crippen LogP) is 18.0. The zero-order chi connectivity index (χ0) is 59.1. The van der Waals surface area contributed by atoms with Crippen LogP contribution in [0.4, 0.5) is 0 Å². The van der Waals surface area contributed by atoms with Crippen molar-refractivity contribution < 1.29 is 42.9 Å². The van der Waals surface area contributed by atoms with Crippen molar-refractivity contribution in [3.05, 3.63) is 158 Å². The molecule has 9 heteroatoms. The first-order chi connectivity index (χ1) is 39.6. The number of unbranched alkanes of at least 4 members (excludes halogenated alkanes) is 15. The number of hydrogen-bond acceptors (Lipinski definition) is 8. The van der Waals surface area contributed by atoms with Gasteiger partial charge in [0.05, 0.1) is 40.3 Å². The monoisotopic (exact) mass is 1120 g/mol. The molecule has 2 atom stereocenters. The van der Waals surface area contributed by atoms with Gasteiger partial charge in [0.25, 0.3) is 0 Å². The van der Waals surface area contributed by atoms with Gasteiger partial charge in [0.15, 0.2) is 12.4 Å². The Morgan fingerprint density at radius 1 is 0.370 bits per heavy atom. The number of likely N-dealkylation sites (N-methyl/N-ethyl adjacent to an activating group) is 1. The third kappa shape index (κ3) is 62.4. The Bertz CT molecular complexity index is 1880. The van der Waals surface area contributed by atoms with Crippen molar-refractivity contribution >= 4 is 17.9 Å². The van der Waals surface area contributed by atoms with Crippen LogP contribution in [0.2, 0.25) is 0 Å². The first-order valence-electron chi connectivity index (χ1n) is 31.6. The second kappa shape index (κ2) is 61.0. The lowest BCUT2D eigenvalue weighted by molar-refractivity contribution is -0.870. The largest absolute Gasteiger partial charge is 0.545 e. The van der Waals surface area contributed by atoms with Crippen LogP contribution in [0.15, 0.2) is 158 Å². The van der Waals surface area contributed by atoms with E-state index < -0.39 is 24.3 Å². The summed E-state index contributed by atoms with van der Waals surface area (Å²) < 4.78 is 22.7. The molecule has 0 saturated heterocycles. The minimum absolute atomic E-state index is 0.133. The number of nitrogens with zero attached hydrogens (tertiary/aromatic N) is 1. The number of carboxylic acids is 1. The van der Waals surface area contributed by atoms with Crippen molar-refractivity contribution in [1.82, 2.24) is 0 Å². The van der Waals surface area contributed by atoms with Gasteiger partial charge in [-0.25, -0.2) is 0 Å². The molecule has 0 aromatic heterocycles. The summed E-state index contributed by atoms with van der Waals surface area (Å²) in [5.41, 5.74) is 0. The lowest BCUT2D eigenvalue weighted by atomic mass is 10.0. The van der Waals surface area contributed by atoms with Crippen molar-refractivity contribution in [2.24, 2.45) is 0 Å². The van der Waals surface area contributed by atoms with Crippen molar-refractivity contribution in [3.8, 4) is 0 Å². The van der Waals surface area contributed by atoms with Crippen LogP contribution in [0.1, 0.15) is 219 Å². The van der Waals surface area contributed by atoms with Gasteiger partial charge in [-0.3, -0.25) is 9.59 Å². The molecule has 9 nitrogen and oxygen atoms in total. The van der Waals surface area contributed by atoms with E-state index >= 15 is 0 Å². The summed E-state index contributed by atoms with van der Waals surface area (Å²) in [6.45, 7) is 4.47. The van der Waals surface area contributed by atoms with E-state index in [1.807, 2.05) is 21.1 Å². The average Bonchev–Trinajstić information content (AvgIpc) is 3.44. The van der Waals surface area contributed by atoms with Crippen LogP contribution >= 0.6 is 0 Å². The lowest BCUT2D eigenvalue weighted by Gasteiger charge is -2.26. The van der Waals surface area contributed by atoms with Gasteiger partial charge in [-0.15, -0.1) is 0 Å². The number of esters is 2. The first kappa shape index (κ1) is 75.9. The molecule has 0 spiro atoms. The first-order valence-corrected chi connectivity index (χ1v) is 31.6. The molecule has 0 aliphatic carbocycles. The molecule has 81 heavy (non-hydrogen) atoms. The van der Waals surface area contributed by atoms with E-state index in [4.69, 9.17) is 18.9 Å². The van der Waals surface area contributed by atoms with E-state index in [9.17, 15) is 19.5 Å². The van der Waals surface area contributed by atoms with E-state index in [0.717, 1.165) is 141 Å². The molecular formula is C72H115NO8. The second-order valence-electron chi connectivity index (χ2n) is 21.6. The molecule has 0 aliphatic heterocycles. The van der Waals surface area contributed by atoms with Gasteiger partial charge in [-0.2, -0.15) is 0 Å². The van der Waals surface area contributed by atoms with E-state index in [0.29, 0.717) is 17.4 Å². The van der Waals surface area contributed by atoms with Gasteiger partial charge in [0.1, 0.15) is 13.2 Å². The lowest BCUT2D eigenvalue weighted by Crippen LogP contribution is -2.44. The highest BCUT2D eigenvalue weighted by Gasteiger charge is 2.22. The smallest absolute Gasteiger partial charge is 0.306 e. The topological polar surface area (TPSA) is 111 Å². The van der Waals surface area contributed by atoms with Crippen molar-refractivity contribution in [3.63, 3.8) is 0 Å². The molecule has 0 aromatic rings. The Labute approximate surface area is 495 Å². The van der Waals surface area contributed by atoms with E-state index in [1.165, 1.54) is 44.9 Å². The van der Waals surface area contributed by atoms with Gasteiger partial charge in [0, 0.05) is 12.8 Å². The van der Waals surface area contributed by atoms with Gasteiger partial charge in [0.2, 0.25) is 0 Å². The fourth-order valence-electron chi connectivity index (χ4n) is 7.99. The summed E-state index contributed by atoms with van der Waals surface area (Å²) in [5, 5.41) is 11.8. The fraction of sp³-hybridized carbons (Fsp3) is 0.597. The van der Waals surface area contributed by atoms with Crippen molar-refractivity contribution in [2.45, 2.75) is 232 Å². The average molecular weight is 1120 g/mol. The number of carbonyl (C=O) groups excluding carboxylic acids is 3. The van der Waals surface area contributed by atoms with Crippen LogP contribution < -0.4 is 5.11 Å². The molecule has 0 heterocycles. The molecule has 2 unspecified atom stereocenters. The van der Waals surface area contributed by atoms with E-state index in [2.05, 4.69) is 172 Å². The molecular weight excluding hydrogens is 1010 g/mol. The number of aliphatic carboxylic acids is 1. The maximum atomic E-state index is 12.9. The molecule has 456 valence electrons. The molecule has 0 N–H and O–H groups in total. The summed E-state index contributed by atoms with van der Waals surface area (Å²) >= 11 is 0. The quantitative estimate of drug-likeness (QED) is 0.0195. The van der Waals surface area contributed by atoms with Crippen LogP contribution in [-0.2, 0) is 33.3 Å². The second-order valence-corrected chi connectivity index (χ2v) is 21.6. The number of carbonyl (C=O) groups is 3. The zero-order valence-electron chi connectivity index (χ0n) is 51.8. The van der Waals surface area contributed by atoms with Gasteiger partial charge in [-0.1, -0.05) is 242 Å². The number of hydrogen-bond donors (Lipinski definition) is 0. The van der Waals surface area contributed by atoms with Crippen LogP contribution in [0, 0.1) is 0 Å². The van der Waals surface area contributed by atoms with Gasteiger partial charge >= 0.3 is 11.9 Å². The van der Waals surface area contributed by atoms with Crippen LogP contribution in [0.3, 0.4) is 0 Å². The SMILES string of the molecule is CC/C=C\C/C=C\C/C=C\C/C=C\C/C=C\C/C=C\C/C=C\C/C=C\CCCCCCC(=O)OC(COC(=O)CCCCCCCCCCCCC/C=C\C/C=C\C/C=C\C/C=C\C/C=C\CC)COC(OCC[N+](C)(C)C)C(=O)[O-]. The van der Waals surface area contributed by atoms with Crippen molar-refractivity contribution in [1.29, 1.82) is 0 Å². The van der Waals surface area contributed by atoms with Crippen molar-refractivity contribution in [2.75, 3.05) is 47.5 Å². The molecule has 0 bridgehead atoms. The summed E-state index contributed by atoms with van der Waals surface area (Å²) in [6.07, 6.45) is 87.2. The standard InChI is InChI=1S/C72H115NO8/c1-6-8-10-12-14-16-18-20-22-24-26-28-30-32-34-35-37-39-41-43-45-47-49-51-53-55-57-59-61-63-70(75)81-68(67-80-72(71(76)77)78-65-64-73(3,4)5)66-79-69(74)62-60-58-56-54-52-50-48-46-44-42-40-38-36-33-31-29-27-25-23-21-19-17-15-13-11-9-7-2/h8-11,14-17,20-23,26-29,32-34,36-37,39,43,45,49,51,68,72H,6-7,12-13,18-19,24-25,30-31,35,38,40-42,44,46-48,50,52-67H2,1-5H3/b10-8-,11-9-,16-14-,17-15-,22-20-,23-21-,28-26-,29-27-,34-32-,36-33-,39-37-,45-43-,51-49-. The Balaban J connectivity index is 4.31. The van der Waals surface area contributed by atoms with Crippen LogP contribution in [0.5, 0.6) is 0 Å². The zero-order valence-corrected chi connectivity index (χ0v) is 51.8. The summed E-state index contributed by atoms with van der Waals surface area (Å²) in [4.78, 5) is 37.4. The molecule has 0 saturated carbocycles. The highest BCUT2D eigenvalue weighted by atomic mass is 16.7. The maximum Gasteiger partial charge on any atom is 0.306 e. The number of ether oxygens (including phenoxy) is 4. The minimum Gasteiger partial charge on any atom is -0.545 e. The summed E-state index contributed by atoms with van der Waals surface area (Å²) in [6, 6.07) is 0. The van der Waals surface area contributed by atoms with Crippen LogP contribution in [-0.4, -0.2) is 82.3 Å². The third-order valence-corrected chi connectivity index (χ3v) is 12.8. The highest BCUT2D eigenvalue weighted by molar-refractivity contribution is 5.70. The number of carboxylic acid groups (broad SMARTS) is 1. The predicted molar refractivity (Wildman–Crippen MR) is 342 cm³/mol. The highest BCUT2D eigenvalue weighted by Crippen LogP contribution is 2.15. The third-order valence-electron chi connectivity index (χ3n) is 12.8. The molecule has 0 aromatic carbocycles. The van der Waals surface area contributed by atoms with Gasteiger partial charge < -0.3 is 33.3 Å². The van der Waals surface area contributed by atoms with E-state index in [-0.39, 0.29) is 38.6 Å². The Morgan fingerprint density at radius 3 is 0.988 bits per heavy atom. The number of quaternary nitrogens is 1. The fourth-order valence-corrected chi connectivity index (χ4v) is 7.99. The number of rotatable bonds is 56. The number of allylic oxidation sites excluding steroid dienone is 26. The van der Waals surface area contributed by atoms with E-state index in [1.54, 1.807) is 0 Å². The maximum absolute atomic E-state index is 12.9. The Morgan fingerprint density at radius 2 is 0.667 bits per heavy atom. The normalized spacial score (nSPS) is 13.8. The molecule has 0 fully saturated rings. The molecule has 0 rings (SSSR count). The Hall–Kier alpha value is -5.09. The van der Waals surface area contributed by atoms with Gasteiger partial charge in [-0.05, 0) is 122 Å². The molecule has 0 aliphatic rings. The van der Waals surface area contributed by atoms with Crippen LogP contribution in [0.25, 0.3) is 0 Å². The summed E-state index contributed by atoms with van der Waals surface area (Å²) in [7, 11) is 5.90. The minimum atomic E-state index is -1.64. The molecule has 0 amide bonds. The summed E-state index contributed by atoms with van der Waals surface area (Å²) in [5.74, 6) is -2.34. The molecule has 0 radical (unpaired) electrons.